The molecule has 1 unspecified atom stereocenters. The Hall–Kier alpha value is -0.770. The number of amides is 1. The number of nitrogens with two attached hydrogens (primary N) is 1. The number of rotatable bonds is 9. The van der Waals surface area contributed by atoms with Crippen LogP contribution in [0.3, 0.4) is 0 Å². The molecule has 1 saturated heterocycles. The van der Waals surface area contributed by atoms with Crippen LogP contribution in [0.15, 0.2) is 0 Å². The summed E-state index contributed by atoms with van der Waals surface area (Å²) in [6.45, 7) is 6.42. The molecule has 1 rings (SSSR count). The van der Waals surface area contributed by atoms with E-state index >= 15 is 0 Å². The maximum absolute atomic E-state index is 10.2. The first-order valence-electron chi connectivity index (χ1n) is 7.44. The minimum atomic E-state index is -0.458. The number of carbonyl (C=O) groups excluding carboxylic acids is 1. The Labute approximate surface area is 126 Å². The molecule has 1 amide bonds. The zero-order valence-electron chi connectivity index (χ0n) is 13.0. The van der Waals surface area contributed by atoms with E-state index in [1.54, 1.807) is 0 Å². The van der Waals surface area contributed by atoms with Crippen molar-refractivity contribution in [2.24, 2.45) is 5.73 Å². The van der Waals surface area contributed by atoms with Crippen LogP contribution < -0.4 is 21.8 Å². The summed E-state index contributed by atoms with van der Waals surface area (Å²) < 4.78 is 0. The van der Waals surface area contributed by atoms with Crippen molar-refractivity contribution in [1.82, 2.24) is 16.1 Å². The lowest BCUT2D eigenvalue weighted by molar-refractivity contribution is -0.124. The highest BCUT2D eigenvalue weighted by Gasteiger charge is 2.19. The molecule has 0 bridgehead atoms. The lowest BCUT2D eigenvalue weighted by Crippen LogP contribution is -2.40. The first-order valence-corrected chi connectivity index (χ1v) is 7.44. The SMILES string of the molecule is CCC(CO)NCCN[C@H](CC)CO.N[C@@H]1CONC1=O. The predicted octanol–water partition coefficient (Wildman–Crippen LogP) is -1.92. The topological polar surface area (TPSA) is 129 Å². The molecule has 0 radical (unpaired) electrons. The van der Waals surface area contributed by atoms with E-state index in [0.29, 0.717) is 6.61 Å². The summed E-state index contributed by atoms with van der Waals surface area (Å²) in [6.07, 6.45) is 1.88. The fourth-order valence-corrected chi connectivity index (χ4v) is 1.58. The molecule has 0 spiro atoms. The van der Waals surface area contributed by atoms with Crippen LogP contribution in [0.25, 0.3) is 0 Å². The summed E-state index contributed by atoms with van der Waals surface area (Å²) in [5.41, 5.74) is 7.25. The second-order valence-electron chi connectivity index (χ2n) is 4.87. The van der Waals surface area contributed by atoms with Crippen LogP contribution in [0.4, 0.5) is 0 Å². The number of nitrogens with one attached hydrogen (secondary N) is 3. The van der Waals surface area contributed by atoms with Crippen molar-refractivity contribution in [2.45, 2.75) is 44.8 Å². The van der Waals surface area contributed by atoms with Crippen LogP contribution in [0, 0.1) is 0 Å². The van der Waals surface area contributed by atoms with Gasteiger partial charge in [-0.3, -0.25) is 9.63 Å². The van der Waals surface area contributed by atoms with E-state index in [1.807, 2.05) is 13.8 Å². The summed E-state index contributed by atoms with van der Waals surface area (Å²) in [5.74, 6) is -0.236. The predicted molar refractivity (Wildman–Crippen MR) is 80.4 cm³/mol. The van der Waals surface area contributed by atoms with Gasteiger partial charge in [0.05, 0.1) is 19.8 Å². The molecular weight excluding hydrogens is 276 g/mol. The molecular formula is C13H30N4O4. The third-order valence-electron chi connectivity index (χ3n) is 3.19. The van der Waals surface area contributed by atoms with Gasteiger partial charge < -0.3 is 26.6 Å². The van der Waals surface area contributed by atoms with E-state index in [0.717, 1.165) is 25.9 Å². The first kappa shape index (κ1) is 20.2. The van der Waals surface area contributed by atoms with Gasteiger partial charge in [0.25, 0.3) is 5.91 Å². The van der Waals surface area contributed by atoms with Gasteiger partial charge in [0.15, 0.2) is 0 Å². The monoisotopic (exact) mass is 306 g/mol. The molecule has 0 aromatic heterocycles. The molecule has 0 aromatic rings. The normalized spacial score (nSPS) is 20.4. The quantitative estimate of drug-likeness (QED) is 0.274. The Kier molecular flexibility index (Phi) is 12.5. The highest BCUT2D eigenvalue weighted by molar-refractivity contribution is 5.81. The Morgan fingerprint density at radius 1 is 1.24 bits per heavy atom. The second-order valence-corrected chi connectivity index (χ2v) is 4.87. The summed E-state index contributed by atoms with van der Waals surface area (Å²) in [5, 5.41) is 24.3. The van der Waals surface area contributed by atoms with Crippen molar-refractivity contribution in [3.8, 4) is 0 Å². The van der Waals surface area contributed by atoms with Crippen LogP contribution in [0.1, 0.15) is 26.7 Å². The Morgan fingerprint density at radius 2 is 1.71 bits per heavy atom. The maximum Gasteiger partial charge on any atom is 0.262 e. The van der Waals surface area contributed by atoms with Crippen LogP contribution in [-0.2, 0) is 9.63 Å². The van der Waals surface area contributed by atoms with Crippen molar-refractivity contribution in [1.29, 1.82) is 0 Å². The van der Waals surface area contributed by atoms with Gasteiger partial charge in [0.1, 0.15) is 6.04 Å². The minimum absolute atomic E-state index is 0.188. The number of aliphatic hydroxyl groups is 2. The zero-order valence-corrected chi connectivity index (χ0v) is 13.0. The Bertz CT molecular complexity index is 247. The van der Waals surface area contributed by atoms with Crippen LogP contribution in [0.5, 0.6) is 0 Å². The lowest BCUT2D eigenvalue weighted by Gasteiger charge is -2.17. The third-order valence-corrected chi connectivity index (χ3v) is 3.19. The van der Waals surface area contributed by atoms with Crippen molar-refractivity contribution >= 4 is 5.91 Å². The molecule has 1 fully saturated rings. The smallest absolute Gasteiger partial charge is 0.262 e. The molecule has 0 saturated carbocycles. The molecule has 7 N–H and O–H groups in total. The van der Waals surface area contributed by atoms with Gasteiger partial charge in [-0.1, -0.05) is 13.8 Å². The molecule has 21 heavy (non-hydrogen) atoms. The van der Waals surface area contributed by atoms with E-state index in [9.17, 15) is 4.79 Å². The Morgan fingerprint density at radius 3 is 1.90 bits per heavy atom. The standard InChI is InChI=1S/C10H24N2O2.C3H6N2O2/c1-3-9(7-13)11-5-6-12-10(4-2)8-14;4-2-1-7-5-3(2)6/h9-14H,3-8H2,1-2H3;2H,1,4H2,(H,5,6)/t9-,10?;2-/m11/s1. The van der Waals surface area contributed by atoms with E-state index in [-0.39, 0.29) is 31.2 Å². The molecule has 8 heteroatoms. The lowest BCUT2D eigenvalue weighted by atomic mass is 10.2. The van der Waals surface area contributed by atoms with Gasteiger partial charge in [0, 0.05) is 25.2 Å². The van der Waals surface area contributed by atoms with E-state index in [4.69, 9.17) is 15.9 Å². The van der Waals surface area contributed by atoms with Gasteiger partial charge in [-0.05, 0) is 12.8 Å². The van der Waals surface area contributed by atoms with E-state index in [2.05, 4.69) is 21.0 Å². The number of carbonyl (C=O) groups is 1. The van der Waals surface area contributed by atoms with Crippen LogP contribution in [-0.4, -0.2) is 67.2 Å². The van der Waals surface area contributed by atoms with Gasteiger partial charge in [-0.25, -0.2) is 5.48 Å². The molecule has 0 aromatic carbocycles. The first-order chi connectivity index (χ1) is 10.1. The average Bonchev–Trinajstić information content (AvgIpc) is 2.88. The van der Waals surface area contributed by atoms with Gasteiger partial charge in [-0.15, -0.1) is 0 Å². The summed E-state index contributed by atoms with van der Waals surface area (Å²) in [6, 6.07) is -0.0583. The van der Waals surface area contributed by atoms with Gasteiger partial charge >= 0.3 is 0 Å². The molecule has 3 atom stereocenters. The van der Waals surface area contributed by atoms with E-state index < -0.39 is 6.04 Å². The molecule has 8 nitrogen and oxygen atoms in total. The highest BCUT2D eigenvalue weighted by atomic mass is 16.7. The number of hydroxylamine groups is 1. The van der Waals surface area contributed by atoms with Crippen molar-refractivity contribution < 1.29 is 19.8 Å². The summed E-state index contributed by atoms with van der Waals surface area (Å²) >= 11 is 0. The fourth-order valence-electron chi connectivity index (χ4n) is 1.58. The van der Waals surface area contributed by atoms with Crippen molar-refractivity contribution in [3.05, 3.63) is 0 Å². The molecule has 1 aliphatic rings. The van der Waals surface area contributed by atoms with E-state index in [1.165, 1.54) is 0 Å². The van der Waals surface area contributed by atoms with Crippen LogP contribution in [0.2, 0.25) is 0 Å². The Balaban J connectivity index is 0.000000471. The van der Waals surface area contributed by atoms with Gasteiger partial charge in [-0.2, -0.15) is 0 Å². The van der Waals surface area contributed by atoms with Crippen molar-refractivity contribution in [2.75, 3.05) is 32.9 Å². The summed E-state index contributed by atoms with van der Waals surface area (Å²) in [4.78, 5) is 14.7. The molecule has 126 valence electrons. The molecule has 1 aliphatic heterocycles. The summed E-state index contributed by atoms with van der Waals surface area (Å²) in [7, 11) is 0. The zero-order chi connectivity index (χ0) is 16.1. The van der Waals surface area contributed by atoms with Crippen molar-refractivity contribution in [3.63, 3.8) is 0 Å². The molecule has 0 aliphatic carbocycles. The second kappa shape index (κ2) is 12.9. The number of hydrogen-bond donors (Lipinski definition) is 6. The minimum Gasteiger partial charge on any atom is -0.395 e. The highest BCUT2D eigenvalue weighted by Crippen LogP contribution is 1.89. The maximum atomic E-state index is 10.2. The number of aliphatic hydroxyl groups excluding tert-OH is 2. The average molecular weight is 306 g/mol. The van der Waals surface area contributed by atoms with Gasteiger partial charge in [0.2, 0.25) is 0 Å². The fraction of sp³-hybridized carbons (Fsp3) is 0.923. The molecule has 1 heterocycles. The van der Waals surface area contributed by atoms with Crippen LogP contribution >= 0.6 is 0 Å². The third kappa shape index (κ3) is 9.72. The largest absolute Gasteiger partial charge is 0.395 e. The number of hydrogen-bond acceptors (Lipinski definition) is 7.